The van der Waals surface area contributed by atoms with E-state index in [4.69, 9.17) is 0 Å². The zero-order valence-corrected chi connectivity index (χ0v) is 18.1. The van der Waals surface area contributed by atoms with Crippen molar-refractivity contribution in [3.05, 3.63) is 45.9 Å². The molecular weight excluding hydrogens is 368 g/mol. The van der Waals surface area contributed by atoms with Crippen LogP contribution in [0.15, 0.2) is 29.6 Å². The van der Waals surface area contributed by atoms with E-state index in [0.717, 1.165) is 56.3 Å². The van der Waals surface area contributed by atoms with Crippen LogP contribution in [0.5, 0.6) is 0 Å². The molecule has 0 spiro atoms. The van der Waals surface area contributed by atoms with Crippen molar-refractivity contribution in [2.24, 2.45) is 0 Å². The average Bonchev–Trinajstić information content (AvgIpc) is 3.14. The zero-order chi connectivity index (χ0) is 19.9. The molecule has 1 fully saturated rings. The highest BCUT2D eigenvalue weighted by molar-refractivity contribution is 7.09. The minimum absolute atomic E-state index is 0.0738. The molecule has 6 heteroatoms. The number of hydrogen-bond acceptors (Lipinski definition) is 5. The van der Waals surface area contributed by atoms with Crippen molar-refractivity contribution in [2.75, 3.05) is 37.6 Å². The highest BCUT2D eigenvalue weighted by Gasteiger charge is 2.18. The molecule has 1 unspecified atom stereocenters. The summed E-state index contributed by atoms with van der Waals surface area (Å²) in [5, 5.41) is 6.22. The van der Waals surface area contributed by atoms with Crippen molar-refractivity contribution in [3.8, 4) is 0 Å². The predicted octanol–water partition coefficient (Wildman–Crippen LogP) is 3.27. The van der Waals surface area contributed by atoms with Gasteiger partial charge in [-0.05, 0) is 44.4 Å². The monoisotopic (exact) mass is 400 g/mol. The smallest absolute Gasteiger partial charge is 0.226 e. The first-order chi connectivity index (χ1) is 13.5. The lowest BCUT2D eigenvalue weighted by Gasteiger charge is -2.36. The number of rotatable bonds is 8. The molecule has 1 aliphatic rings. The summed E-state index contributed by atoms with van der Waals surface area (Å²) in [6, 6.07) is 8.93. The fourth-order valence-electron chi connectivity index (χ4n) is 3.59. The van der Waals surface area contributed by atoms with Gasteiger partial charge in [0.1, 0.15) is 0 Å². The SMILES string of the molecule is CCc1nc(CC(=O)NC(C)CCN2CCN(c3cccc(C)c3)CC2)cs1. The van der Waals surface area contributed by atoms with Gasteiger partial charge in [-0.2, -0.15) is 0 Å². The second kappa shape index (κ2) is 10.0. The van der Waals surface area contributed by atoms with Gasteiger partial charge in [0.05, 0.1) is 17.1 Å². The van der Waals surface area contributed by atoms with Crippen LogP contribution in [0.25, 0.3) is 0 Å². The molecule has 0 bridgehead atoms. The standard InChI is InChI=1S/C22H32N4OS/c1-4-22-24-19(16-28-22)15-21(27)23-18(3)8-9-25-10-12-26(13-11-25)20-7-5-6-17(2)14-20/h5-7,14,16,18H,4,8-13,15H2,1-3H3,(H,23,27). The largest absolute Gasteiger partial charge is 0.369 e. The molecular formula is C22H32N4OS. The normalized spacial score (nSPS) is 16.2. The molecule has 3 rings (SSSR count). The summed E-state index contributed by atoms with van der Waals surface area (Å²) in [6.45, 7) is 11.6. The molecule has 1 amide bonds. The van der Waals surface area contributed by atoms with Gasteiger partial charge in [0, 0.05) is 49.8 Å². The van der Waals surface area contributed by atoms with Gasteiger partial charge in [0.2, 0.25) is 5.91 Å². The average molecular weight is 401 g/mol. The number of nitrogens with one attached hydrogen (secondary N) is 1. The van der Waals surface area contributed by atoms with Crippen molar-refractivity contribution >= 4 is 22.9 Å². The number of carbonyl (C=O) groups is 1. The molecule has 1 aromatic carbocycles. The third kappa shape index (κ3) is 6.04. The van der Waals surface area contributed by atoms with Crippen LogP contribution in [0.2, 0.25) is 0 Å². The number of piperazine rings is 1. The van der Waals surface area contributed by atoms with Crippen LogP contribution in [0.3, 0.4) is 0 Å². The van der Waals surface area contributed by atoms with E-state index in [0.29, 0.717) is 6.42 Å². The molecule has 1 atom stereocenters. The molecule has 1 aliphatic heterocycles. The highest BCUT2D eigenvalue weighted by atomic mass is 32.1. The molecule has 1 aromatic heterocycles. The number of amides is 1. The van der Waals surface area contributed by atoms with Crippen LogP contribution in [0.4, 0.5) is 5.69 Å². The number of nitrogens with zero attached hydrogens (tertiary/aromatic N) is 3. The fourth-order valence-corrected chi connectivity index (χ4v) is 4.33. The summed E-state index contributed by atoms with van der Waals surface area (Å²) in [5.41, 5.74) is 3.53. The van der Waals surface area contributed by atoms with E-state index in [9.17, 15) is 4.79 Å². The Balaban J connectivity index is 1.36. The summed E-state index contributed by atoms with van der Waals surface area (Å²) in [5.74, 6) is 0.0738. The molecule has 0 saturated carbocycles. The molecule has 2 aromatic rings. The number of aryl methyl sites for hydroxylation is 2. The van der Waals surface area contributed by atoms with Crippen LogP contribution in [0.1, 0.15) is 36.5 Å². The maximum absolute atomic E-state index is 12.2. The topological polar surface area (TPSA) is 48.5 Å². The van der Waals surface area contributed by atoms with Gasteiger partial charge in [-0.1, -0.05) is 19.1 Å². The van der Waals surface area contributed by atoms with Crippen LogP contribution in [-0.2, 0) is 17.6 Å². The second-order valence-corrected chi connectivity index (χ2v) is 8.63. The predicted molar refractivity (Wildman–Crippen MR) is 117 cm³/mol. The van der Waals surface area contributed by atoms with E-state index in [2.05, 4.69) is 65.1 Å². The maximum atomic E-state index is 12.2. The summed E-state index contributed by atoms with van der Waals surface area (Å²) in [6.07, 6.45) is 2.29. The lowest BCUT2D eigenvalue weighted by atomic mass is 10.1. The molecule has 5 nitrogen and oxygen atoms in total. The Bertz CT molecular complexity index is 767. The van der Waals surface area contributed by atoms with Crippen molar-refractivity contribution in [3.63, 3.8) is 0 Å². The Morgan fingerprint density at radius 3 is 2.75 bits per heavy atom. The Hall–Kier alpha value is -1.92. The summed E-state index contributed by atoms with van der Waals surface area (Å²) in [4.78, 5) is 21.7. The van der Waals surface area contributed by atoms with E-state index in [1.165, 1.54) is 11.3 Å². The number of aromatic nitrogens is 1. The Kier molecular flexibility index (Phi) is 7.45. The quantitative estimate of drug-likeness (QED) is 0.739. The van der Waals surface area contributed by atoms with Crippen molar-refractivity contribution in [1.29, 1.82) is 0 Å². The van der Waals surface area contributed by atoms with E-state index in [1.54, 1.807) is 11.3 Å². The molecule has 2 heterocycles. The van der Waals surface area contributed by atoms with Gasteiger partial charge in [-0.25, -0.2) is 4.98 Å². The van der Waals surface area contributed by atoms with Crippen LogP contribution in [-0.4, -0.2) is 54.6 Å². The fraction of sp³-hybridized carbons (Fsp3) is 0.545. The number of carbonyl (C=O) groups excluding carboxylic acids is 1. The van der Waals surface area contributed by atoms with E-state index in [-0.39, 0.29) is 11.9 Å². The third-order valence-electron chi connectivity index (χ3n) is 5.27. The molecule has 152 valence electrons. The number of thiazole rings is 1. The number of anilines is 1. The van der Waals surface area contributed by atoms with Gasteiger partial charge < -0.3 is 10.2 Å². The van der Waals surface area contributed by atoms with Crippen molar-refractivity contribution in [1.82, 2.24) is 15.2 Å². The lowest BCUT2D eigenvalue weighted by molar-refractivity contribution is -0.121. The molecule has 1 N–H and O–H groups in total. The lowest BCUT2D eigenvalue weighted by Crippen LogP contribution is -2.47. The highest BCUT2D eigenvalue weighted by Crippen LogP contribution is 2.18. The van der Waals surface area contributed by atoms with Gasteiger partial charge in [-0.3, -0.25) is 9.69 Å². The van der Waals surface area contributed by atoms with Gasteiger partial charge >= 0.3 is 0 Å². The number of hydrogen-bond donors (Lipinski definition) is 1. The Morgan fingerprint density at radius 1 is 1.29 bits per heavy atom. The molecule has 0 radical (unpaired) electrons. The summed E-state index contributed by atoms with van der Waals surface area (Å²) < 4.78 is 0. The van der Waals surface area contributed by atoms with Crippen molar-refractivity contribution in [2.45, 2.75) is 46.1 Å². The van der Waals surface area contributed by atoms with Gasteiger partial charge in [-0.15, -0.1) is 11.3 Å². The number of benzene rings is 1. The first-order valence-corrected chi connectivity index (χ1v) is 11.2. The molecule has 0 aliphatic carbocycles. The van der Waals surface area contributed by atoms with Crippen LogP contribution in [0, 0.1) is 6.92 Å². The van der Waals surface area contributed by atoms with E-state index >= 15 is 0 Å². The molecule has 1 saturated heterocycles. The third-order valence-corrected chi connectivity index (χ3v) is 6.31. The second-order valence-electron chi connectivity index (χ2n) is 7.69. The van der Waals surface area contributed by atoms with E-state index in [1.807, 2.05) is 5.38 Å². The summed E-state index contributed by atoms with van der Waals surface area (Å²) in [7, 11) is 0. The van der Waals surface area contributed by atoms with E-state index < -0.39 is 0 Å². The summed E-state index contributed by atoms with van der Waals surface area (Å²) >= 11 is 1.64. The first kappa shape index (κ1) is 20.8. The van der Waals surface area contributed by atoms with Gasteiger partial charge in [0.15, 0.2) is 0 Å². The first-order valence-electron chi connectivity index (χ1n) is 10.3. The minimum atomic E-state index is 0.0738. The Labute approximate surface area is 172 Å². The van der Waals surface area contributed by atoms with Crippen LogP contribution < -0.4 is 10.2 Å². The minimum Gasteiger partial charge on any atom is -0.369 e. The van der Waals surface area contributed by atoms with Crippen molar-refractivity contribution < 1.29 is 4.79 Å². The molecule has 28 heavy (non-hydrogen) atoms. The zero-order valence-electron chi connectivity index (χ0n) is 17.3. The van der Waals surface area contributed by atoms with Crippen LogP contribution >= 0.6 is 11.3 Å². The maximum Gasteiger partial charge on any atom is 0.226 e. The Morgan fingerprint density at radius 2 is 2.07 bits per heavy atom. The van der Waals surface area contributed by atoms with Gasteiger partial charge in [0.25, 0.3) is 0 Å².